The van der Waals surface area contributed by atoms with Gasteiger partial charge >= 0.3 is 0 Å². The molecule has 0 bridgehead atoms. The number of benzene rings is 1. The molecule has 5 heteroatoms. The molecule has 0 saturated heterocycles. The van der Waals surface area contributed by atoms with Crippen LogP contribution < -0.4 is 11.5 Å². The van der Waals surface area contributed by atoms with Gasteiger partial charge in [0.25, 0.3) is 0 Å². The van der Waals surface area contributed by atoms with E-state index in [1.165, 1.54) is 6.07 Å². The van der Waals surface area contributed by atoms with E-state index in [2.05, 4.69) is 20.9 Å². The molecule has 0 radical (unpaired) electrons. The molecule has 0 aliphatic rings. The minimum absolute atomic E-state index is 0.00355. The summed E-state index contributed by atoms with van der Waals surface area (Å²) < 4.78 is 13.3. The van der Waals surface area contributed by atoms with E-state index < -0.39 is 0 Å². The van der Waals surface area contributed by atoms with Crippen LogP contribution in [0, 0.1) is 5.82 Å². The third kappa shape index (κ3) is 2.69. The highest BCUT2D eigenvalue weighted by molar-refractivity contribution is 9.10. The Morgan fingerprint density at radius 2 is 2.15 bits per heavy atom. The van der Waals surface area contributed by atoms with E-state index in [9.17, 15) is 4.39 Å². The zero-order valence-electron chi connectivity index (χ0n) is 6.80. The predicted molar refractivity (Wildman–Crippen MR) is 53.6 cm³/mol. The summed E-state index contributed by atoms with van der Waals surface area (Å²) in [6.07, 6.45) is 0. The van der Waals surface area contributed by atoms with Gasteiger partial charge in [-0.2, -0.15) is 0 Å². The van der Waals surface area contributed by atoms with Gasteiger partial charge in [-0.05, 0) is 27.6 Å². The summed E-state index contributed by atoms with van der Waals surface area (Å²) in [5, 5.41) is 0. The van der Waals surface area contributed by atoms with Gasteiger partial charge in [-0.3, -0.25) is 0 Å². The first-order valence-corrected chi connectivity index (χ1v) is 4.39. The molecule has 3 nitrogen and oxygen atoms in total. The van der Waals surface area contributed by atoms with E-state index in [0.717, 1.165) is 0 Å². The molecule has 0 aromatic heterocycles. The van der Waals surface area contributed by atoms with Crippen molar-refractivity contribution in [3.8, 4) is 0 Å². The number of guanidine groups is 1. The Kier molecular flexibility index (Phi) is 3.25. The van der Waals surface area contributed by atoms with Crippen molar-refractivity contribution in [2.75, 3.05) is 0 Å². The van der Waals surface area contributed by atoms with Crippen LogP contribution in [0.2, 0.25) is 0 Å². The fourth-order valence-corrected chi connectivity index (χ4v) is 1.24. The highest BCUT2D eigenvalue weighted by atomic mass is 79.9. The number of hydrogen-bond acceptors (Lipinski definition) is 1. The van der Waals surface area contributed by atoms with Crippen LogP contribution in [0.1, 0.15) is 5.56 Å². The summed E-state index contributed by atoms with van der Waals surface area (Å²) in [4.78, 5) is 3.77. The van der Waals surface area contributed by atoms with Crippen LogP contribution in [0.3, 0.4) is 0 Å². The van der Waals surface area contributed by atoms with Crippen LogP contribution in [0.15, 0.2) is 27.7 Å². The minimum Gasteiger partial charge on any atom is -0.370 e. The normalized spacial score (nSPS) is 9.69. The van der Waals surface area contributed by atoms with Crippen molar-refractivity contribution in [3.05, 3.63) is 34.1 Å². The van der Waals surface area contributed by atoms with Crippen LogP contribution in [0.25, 0.3) is 0 Å². The van der Waals surface area contributed by atoms with Crippen LogP contribution >= 0.6 is 15.9 Å². The average molecular weight is 246 g/mol. The molecule has 0 aliphatic carbocycles. The van der Waals surface area contributed by atoms with Crippen LogP contribution in [-0.4, -0.2) is 5.96 Å². The predicted octanol–water partition coefficient (Wildman–Crippen LogP) is 1.36. The molecule has 0 fully saturated rings. The fraction of sp³-hybridized carbons (Fsp3) is 0.125. The quantitative estimate of drug-likeness (QED) is 0.611. The lowest BCUT2D eigenvalue weighted by Crippen LogP contribution is -2.22. The van der Waals surface area contributed by atoms with E-state index in [-0.39, 0.29) is 18.3 Å². The fourth-order valence-electron chi connectivity index (χ4n) is 0.847. The van der Waals surface area contributed by atoms with Gasteiger partial charge in [0.05, 0.1) is 11.0 Å². The molecular weight excluding hydrogens is 237 g/mol. The third-order valence-electron chi connectivity index (χ3n) is 1.46. The molecule has 1 rings (SSSR count). The first-order valence-electron chi connectivity index (χ1n) is 3.59. The van der Waals surface area contributed by atoms with Crippen LogP contribution in [-0.2, 0) is 6.54 Å². The van der Waals surface area contributed by atoms with E-state index in [0.29, 0.717) is 10.0 Å². The van der Waals surface area contributed by atoms with Crippen molar-refractivity contribution in [3.63, 3.8) is 0 Å². The Hall–Kier alpha value is -1.10. The standard InChI is InChI=1S/C8H9BrFN3/c9-7-5(4-13-8(11)12)2-1-3-6(7)10/h1-3H,4H2,(H4,11,12,13). The first-order chi connectivity index (χ1) is 6.11. The highest BCUT2D eigenvalue weighted by Gasteiger charge is 2.03. The van der Waals surface area contributed by atoms with E-state index in [1.54, 1.807) is 12.1 Å². The lowest BCUT2D eigenvalue weighted by atomic mass is 10.2. The minimum atomic E-state index is -0.316. The summed E-state index contributed by atoms with van der Waals surface area (Å²) in [5.41, 5.74) is 11.0. The number of rotatable bonds is 2. The molecule has 70 valence electrons. The monoisotopic (exact) mass is 245 g/mol. The molecule has 0 unspecified atom stereocenters. The second kappa shape index (κ2) is 4.23. The molecule has 1 aromatic carbocycles. The van der Waals surface area contributed by atoms with E-state index in [4.69, 9.17) is 11.5 Å². The Labute approximate surface area is 83.8 Å². The van der Waals surface area contributed by atoms with Gasteiger partial charge in [0.15, 0.2) is 5.96 Å². The topological polar surface area (TPSA) is 64.4 Å². The average Bonchev–Trinajstić information content (AvgIpc) is 2.07. The van der Waals surface area contributed by atoms with Crippen molar-refractivity contribution in [1.29, 1.82) is 0 Å². The van der Waals surface area contributed by atoms with Crippen LogP contribution in [0.5, 0.6) is 0 Å². The maximum atomic E-state index is 12.9. The lowest BCUT2D eigenvalue weighted by Gasteiger charge is -2.01. The molecule has 0 atom stereocenters. The van der Waals surface area contributed by atoms with Gasteiger partial charge in [-0.25, -0.2) is 9.38 Å². The summed E-state index contributed by atoms with van der Waals surface area (Å²) in [5.74, 6) is -0.320. The number of aliphatic imine (C=N–C) groups is 1. The smallest absolute Gasteiger partial charge is 0.186 e. The molecule has 0 aliphatic heterocycles. The molecular formula is C8H9BrFN3. The Balaban J connectivity index is 2.89. The zero-order chi connectivity index (χ0) is 9.84. The van der Waals surface area contributed by atoms with Crippen molar-refractivity contribution in [1.82, 2.24) is 0 Å². The van der Waals surface area contributed by atoms with Gasteiger partial charge in [-0.15, -0.1) is 0 Å². The summed E-state index contributed by atoms with van der Waals surface area (Å²) in [7, 11) is 0. The Bertz CT molecular complexity index is 334. The molecule has 0 amide bonds. The van der Waals surface area contributed by atoms with E-state index in [1.807, 2.05) is 0 Å². The maximum Gasteiger partial charge on any atom is 0.186 e. The van der Waals surface area contributed by atoms with E-state index >= 15 is 0 Å². The maximum absolute atomic E-state index is 12.9. The number of halogens is 2. The van der Waals surface area contributed by atoms with Crippen molar-refractivity contribution in [2.24, 2.45) is 16.5 Å². The van der Waals surface area contributed by atoms with Gasteiger partial charge in [0, 0.05) is 0 Å². The first kappa shape index (κ1) is 9.98. The van der Waals surface area contributed by atoms with Gasteiger partial charge < -0.3 is 11.5 Å². The van der Waals surface area contributed by atoms with Crippen LogP contribution in [0.4, 0.5) is 4.39 Å². The summed E-state index contributed by atoms with van der Waals surface area (Å²) >= 11 is 3.10. The van der Waals surface area contributed by atoms with Crippen molar-refractivity contribution >= 4 is 21.9 Å². The summed E-state index contributed by atoms with van der Waals surface area (Å²) in [6.45, 7) is 0.278. The lowest BCUT2D eigenvalue weighted by molar-refractivity contribution is 0.618. The number of hydrogen-bond donors (Lipinski definition) is 2. The third-order valence-corrected chi connectivity index (χ3v) is 2.35. The van der Waals surface area contributed by atoms with Crippen molar-refractivity contribution in [2.45, 2.75) is 6.54 Å². The van der Waals surface area contributed by atoms with Gasteiger partial charge in [-0.1, -0.05) is 12.1 Å². The molecule has 0 heterocycles. The number of nitrogens with zero attached hydrogens (tertiary/aromatic N) is 1. The Morgan fingerprint density at radius 1 is 1.46 bits per heavy atom. The molecule has 13 heavy (non-hydrogen) atoms. The second-order valence-electron chi connectivity index (χ2n) is 2.45. The Morgan fingerprint density at radius 3 is 2.77 bits per heavy atom. The van der Waals surface area contributed by atoms with Gasteiger partial charge in [0.1, 0.15) is 5.82 Å². The van der Waals surface area contributed by atoms with Crippen molar-refractivity contribution < 1.29 is 4.39 Å². The molecule has 4 N–H and O–H groups in total. The number of nitrogens with two attached hydrogens (primary N) is 2. The van der Waals surface area contributed by atoms with Gasteiger partial charge in [0.2, 0.25) is 0 Å². The molecule has 0 spiro atoms. The SMILES string of the molecule is NC(N)=NCc1cccc(F)c1Br. The molecule has 1 aromatic rings. The second-order valence-corrected chi connectivity index (χ2v) is 3.25. The molecule has 0 saturated carbocycles. The highest BCUT2D eigenvalue weighted by Crippen LogP contribution is 2.20. The largest absolute Gasteiger partial charge is 0.370 e. The summed E-state index contributed by atoms with van der Waals surface area (Å²) in [6, 6.07) is 4.72. The zero-order valence-corrected chi connectivity index (χ0v) is 8.38.